The first-order chi connectivity index (χ1) is 9.58. The number of carbonyl (C=O) groups excluding carboxylic acids is 1. The first kappa shape index (κ1) is 14.2. The maximum Gasteiger partial charge on any atom is 0.307 e. The molecule has 2 rings (SSSR count). The quantitative estimate of drug-likeness (QED) is 0.649. The number of nitrogens with one attached hydrogen (secondary N) is 1. The van der Waals surface area contributed by atoms with Crippen LogP contribution in [0, 0.1) is 10.1 Å². The van der Waals surface area contributed by atoms with Crippen molar-refractivity contribution in [1.82, 2.24) is 15.1 Å². The molecule has 0 saturated heterocycles. The van der Waals surface area contributed by atoms with E-state index in [2.05, 4.69) is 10.4 Å². The van der Waals surface area contributed by atoms with Crippen LogP contribution < -0.4 is 5.32 Å². The Morgan fingerprint density at radius 2 is 2.45 bits per heavy atom. The lowest BCUT2D eigenvalue weighted by Gasteiger charge is -2.11. The molecule has 0 radical (unpaired) electrons. The Hall–Kier alpha value is -2.22. The molecule has 1 atom stereocenters. The summed E-state index contributed by atoms with van der Waals surface area (Å²) in [6.07, 6.45) is 3.16. The second kappa shape index (κ2) is 6.29. The summed E-state index contributed by atoms with van der Waals surface area (Å²) in [6, 6.07) is 3.40. The summed E-state index contributed by atoms with van der Waals surface area (Å²) < 4.78 is 1.29. The molecule has 2 aromatic rings. The summed E-state index contributed by atoms with van der Waals surface area (Å²) in [5.74, 6) is -0.209. The maximum absolute atomic E-state index is 11.9. The molecule has 0 unspecified atom stereocenters. The molecule has 2 aromatic heterocycles. The summed E-state index contributed by atoms with van der Waals surface area (Å²) in [6.45, 7) is 2.18. The van der Waals surface area contributed by atoms with Crippen LogP contribution in [0.5, 0.6) is 0 Å². The van der Waals surface area contributed by atoms with Gasteiger partial charge in [-0.3, -0.25) is 19.6 Å². The van der Waals surface area contributed by atoms with E-state index in [1.54, 1.807) is 18.3 Å². The smallest absolute Gasteiger partial charge is 0.307 e. The molecule has 2 heterocycles. The third kappa shape index (κ3) is 3.41. The zero-order valence-corrected chi connectivity index (χ0v) is 11.7. The minimum absolute atomic E-state index is 0.122. The van der Waals surface area contributed by atoms with E-state index in [0.29, 0.717) is 6.54 Å². The van der Waals surface area contributed by atoms with Crippen LogP contribution >= 0.6 is 11.3 Å². The maximum atomic E-state index is 11.9. The number of hydrogen-bond acceptors (Lipinski definition) is 5. The molecule has 1 amide bonds. The fourth-order valence-corrected chi connectivity index (χ4v) is 2.37. The van der Waals surface area contributed by atoms with Crippen LogP contribution in [0.25, 0.3) is 0 Å². The molecule has 106 valence electrons. The minimum atomic E-state index is -0.577. The summed E-state index contributed by atoms with van der Waals surface area (Å²) >= 11 is 1.64. The van der Waals surface area contributed by atoms with E-state index in [0.717, 1.165) is 12.6 Å². The second-order valence-electron chi connectivity index (χ2n) is 4.23. The molecule has 0 aromatic carbocycles. The van der Waals surface area contributed by atoms with E-state index in [1.165, 1.54) is 15.8 Å². The summed E-state index contributed by atoms with van der Waals surface area (Å²) in [7, 11) is 0. The van der Waals surface area contributed by atoms with Crippen molar-refractivity contribution in [2.24, 2.45) is 0 Å². The SMILES string of the molecule is C[C@H](C(=O)NCCc1cccs1)n1cc([N+](=O)[O-])cn1. The van der Waals surface area contributed by atoms with Crippen molar-refractivity contribution in [2.45, 2.75) is 19.4 Å². The normalized spacial score (nSPS) is 12.1. The zero-order chi connectivity index (χ0) is 14.5. The molecule has 0 saturated carbocycles. The van der Waals surface area contributed by atoms with Crippen molar-refractivity contribution in [2.75, 3.05) is 6.54 Å². The lowest BCUT2D eigenvalue weighted by Crippen LogP contribution is -2.32. The Morgan fingerprint density at radius 1 is 1.65 bits per heavy atom. The van der Waals surface area contributed by atoms with Crippen LogP contribution in [0.1, 0.15) is 17.8 Å². The number of amides is 1. The predicted octanol–water partition coefficient (Wildman–Crippen LogP) is 1.77. The topological polar surface area (TPSA) is 90.1 Å². The van der Waals surface area contributed by atoms with Crippen LogP contribution in [0.3, 0.4) is 0 Å². The number of aromatic nitrogens is 2. The van der Waals surface area contributed by atoms with Gasteiger partial charge in [-0.05, 0) is 24.8 Å². The van der Waals surface area contributed by atoms with Gasteiger partial charge < -0.3 is 5.32 Å². The Bertz CT molecular complexity index is 594. The molecule has 0 aliphatic rings. The Balaban J connectivity index is 1.86. The van der Waals surface area contributed by atoms with E-state index in [4.69, 9.17) is 0 Å². The largest absolute Gasteiger partial charge is 0.354 e. The summed E-state index contributed by atoms with van der Waals surface area (Å²) in [5, 5.41) is 19.2. The number of carbonyl (C=O) groups is 1. The molecule has 0 spiro atoms. The fourth-order valence-electron chi connectivity index (χ4n) is 1.67. The van der Waals surface area contributed by atoms with Gasteiger partial charge in [0.25, 0.3) is 0 Å². The second-order valence-corrected chi connectivity index (χ2v) is 5.26. The molecule has 0 fully saturated rings. The van der Waals surface area contributed by atoms with E-state index in [-0.39, 0.29) is 11.6 Å². The standard InChI is InChI=1S/C12H14N4O3S/c1-9(15-8-10(7-14-15)16(18)19)12(17)13-5-4-11-3-2-6-20-11/h2-3,6-9H,4-5H2,1H3,(H,13,17)/t9-/m1/s1. The van der Waals surface area contributed by atoms with Gasteiger partial charge in [-0.15, -0.1) is 11.3 Å². The molecule has 0 bridgehead atoms. The highest BCUT2D eigenvalue weighted by molar-refractivity contribution is 7.09. The van der Waals surface area contributed by atoms with Crippen molar-refractivity contribution in [3.63, 3.8) is 0 Å². The van der Waals surface area contributed by atoms with Gasteiger partial charge in [-0.2, -0.15) is 5.10 Å². The van der Waals surface area contributed by atoms with Gasteiger partial charge in [0, 0.05) is 11.4 Å². The van der Waals surface area contributed by atoms with E-state index >= 15 is 0 Å². The molecule has 20 heavy (non-hydrogen) atoms. The highest BCUT2D eigenvalue weighted by Crippen LogP contribution is 2.13. The van der Waals surface area contributed by atoms with Crippen molar-refractivity contribution in [3.8, 4) is 0 Å². The van der Waals surface area contributed by atoms with Crippen molar-refractivity contribution >= 4 is 22.9 Å². The fraction of sp³-hybridized carbons (Fsp3) is 0.333. The molecule has 8 heteroatoms. The van der Waals surface area contributed by atoms with Gasteiger partial charge in [0.05, 0.1) is 4.92 Å². The molecule has 1 N–H and O–H groups in total. The first-order valence-electron chi connectivity index (χ1n) is 6.06. The van der Waals surface area contributed by atoms with E-state index < -0.39 is 11.0 Å². The van der Waals surface area contributed by atoms with Gasteiger partial charge in [0.1, 0.15) is 18.4 Å². The number of nitrogens with zero attached hydrogens (tertiary/aromatic N) is 3. The van der Waals surface area contributed by atoms with Crippen LogP contribution in [0.15, 0.2) is 29.9 Å². The highest BCUT2D eigenvalue weighted by atomic mass is 32.1. The third-order valence-corrected chi connectivity index (χ3v) is 3.76. The van der Waals surface area contributed by atoms with Crippen LogP contribution in [-0.2, 0) is 11.2 Å². The third-order valence-electron chi connectivity index (χ3n) is 2.83. The van der Waals surface area contributed by atoms with Crippen molar-refractivity contribution in [3.05, 3.63) is 44.9 Å². The average Bonchev–Trinajstić information content (AvgIpc) is 3.08. The van der Waals surface area contributed by atoms with Gasteiger partial charge in [-0.25, -0.2) is 0 Å². The lowest BCUT2D eigenvalue weighted by molar-refractivity contribution is -0.385. The number of hydrogen-bond donors (Lipinski definition) is 1. The number of thiophene rings is 1. The van der Waals surface area contributed by atoms with E-state index in [9.17, 15) is 14.9 Å². The zero-order valence-electron chi connectivity index (χ0n) is 10.9. The highest BCUT2D eigenvalue weighted by Gasteiger charge is 2.18. The Labute approximate surface area is 119 Å². The van der Waals surface area contributed by atoms with Crippen molar-refractivity contribution < 1.29 is 9.72 Å². The predicted molar refractivity (Wildman–Crippen MR) is 74.6 cm³/mol. The van der Waals surface area contributed by atoms with Gasteiger partial charge in [0.2, 0.25) is 5.91 Å². The molecular formula is C12H14N4O3S. The summed E-state index contributed by atoms with van der Waals surface area (Å²) in [4.78, 5) is 23.1. The minimum Gasteiger partial charge on any atom is -0.354 e. The number of nitro groups is 1. The molecule has 0 aliphatic heterocycles. The molecule has 7 nitrogen and oxygen atoms in total. The van der Waals surface area contributed by atoms with E-state index in [1.807, 2.05) is 17.5 Å². The van der Waals surface area contributed by atoms with Gasteiger partial charge >= 0.3 is 5.69 Å². The van der Waals surface area contributed by atoms with Gasteiger partial charge in [-0.1, -0.05) is 6.07 Å². The van der Waals surface area contributed by atoms with Crippen LogP contribution in [-0.4, -0.2) is 27.2 Å². The number of rotatable bonds is 6. The lowest BCUT2D eigenvalue weighted by atomic mass is 10.3. The van der Waals surface area contributed by atoms with Gasteiger partial charge in [0.15, 0.2) is 0 Å². The Kier molecular flexibility index (Phi) is 4.46. The van der Waals surface area contributed by atoms with Crippen LogP contribution in [0.2, 0.25) is 0 Å². The molecular weight excluding hydrogens is 280 g/mol. The average molecular weight is 294 g/mol. The first-order valence-corrected chi connectivity index (χ1v) is 6.94. The summed E-state index contributed by atoms with van der Waals surface area (Å²) in [5.41, 5.74) is -0.122. The molecule has 0 aliphatic carbocycles. The Morgan fingerprint density at radius 3 is 3.05 bits per heavy atom. The monoisotopic (exact) mass is 294 g/mol. The van der Waals surface area contributed by atoms with Crippen molar-refractivity contribution in [1.29, 1.82) is 0 Å². The van der Waals surface area contributed by atoms with Crippen LogP contribution in [0.4, 0.5) is 5.69 Å².